The molecule has 1 aliphatic rings. The molecule has 6 nitrogen and oxygen atoms in total. The largest absolute Gasteiger partial charge is 0.374 e. The van der Waals surface area contributed by atoms with Crippen LogP contribution in [-0.4, -0.2) is 52.5 Å². The van der Waals surface area contributed by atoms with Gasteiger partial charge < -0.3 is 10.1 Å². The molecule has 0 aliphatic carbocycles. The molecule has 1 aliphatic heterocycles. The first-order valence-electron chi connectivity index (χ1n) is 8.52. The van der Waals surface area contributed by atoms with Gasteiger partial charge in [-0.15, -0.1) is 0 Å². The minimum absolute atomic E-state index is 0.0893. The van der Waals surface area contributed by atoms with Gasteiger partial charge in [-0.25, -0.2) is 0 Å². The first kappa shape index (κ1) is 17.1. The minimum Gasteiger partial charge on any atom is -0.374 e. The molecule has 1 saturated heterocycles. The van der Waals surface area contributed by atoms with Gasteiger partial charge in [-0.2, -0.15) is 5.10 Å². The summed E-state index contributed by atoms with van der Waals surface area (Å²) in [5.74, 6) is 0. The number of hydrogen-bond donors (Lipinski definition) is 1. The van der Waals surface area contributed by atoms with Crippen LogP contribution in [-0.2, 0) is 11.8 Å². The van der Waals surface area contributed by atoms with Crippen molar-refractivity contribution in [2.75, 3.05) is 26.7 Å². The Kier molecular flexibility index (Phi) is 5.28. The molecular weight excluding hydrogens is 302 g/mol. The Labute approximate surface area is 143 Å². The van der Waals surface area contributed by atoms with Crippen LogP contribution in [0.4, 0.5) is 0 Å². The van der Waals surface area contributed by atoms with E-state index >= 15 is 0 Å². The lowest BCUT2D eigenvalue weighted by molar-refractivity contribution is -0.0646. The van der Waals surface area contributed by atoms with Crippen LogP contribution in [0.25, 0.3) is 0 Å². The SMILES string of the molecule is Cc1ccnc(C(C)NC[C@@H]2OCCN(C)[C@H]2c2ccnn2C)c1. The summed E-state index contributed by atoms with van der Waals surface area (Å²) in [4.78, 5) is 6.82. The van der Waals surface area contributed by atoms with Gasteiger partial charge in [0.05, 0.1) is 30.1 Å². The average Bonchev–Trinajstić information content (AvgIpc) is 2.98. The number of aryl methyl sites for hydroxylation is 2. The molecule has 0 radical (unpaired) electrons. The van der Waals surface area contributed by atoms with E-state index in [1.807, 2.05) is 30.2 Å². The molecule has 0 spiro atoms. The number of aromatic nitrogens is 3. The van der Waals surface area contributed by atoms with Crippen molar-refractivity contribution in [1.29, 1.82) is 0 Å². The van der Waals surface area contributed by atoms with Crippen molar-refractivity contribution >= 4 is 0 Å². The maximum absolute atomic E-state index is 6.08. The topological polar surface area (TPSA) is 55.2 Å². The van der Waals surface area contributed by atoms with Gasteiger partial charge in [0, 0.05) is 38.6 Å². The van der Waals surface area contributed by atoms with Gasteiger partial charge >= 0.3 is 0 Å². The van der Waals surface area contributed by atoms with Gasteiger partial charge in [-0.3, -0.25) is 14.6 Å². The Hall–Kier alpha value is -1.76. The number of nitrogens with one attached hydrogen (secondary N) is 1. The van der Waals surface area contributed by atoms with Gasteiger partial charge in [-0.1, -0.05) is 0 Å². The van der Waals surface area contributed by atoms with Crippen molar-refractivity contribution in [2.45, 2.75) is 32.0 Å². The summed E-state index contributed by atoms with van der Waals surface area (Å²) in [5.41, 5.74) is 3.48. The monoisotopic (exact) mass is 329 g/mol. The standard InChI is InChI=1S/C18H27N5O/c1-13-5-7-19-15(11-13)14(2)20-12-17-18(22(3)9-10-24-17)16-6-8-21-23(16)4/h5-8,11,14,17-18,20H,9-10,12H2,1-4H3/t14?,17-,18-/m0/s1. The smallest absolute Gasteiger partial charge is 0.0911 e. The number of rotatable bonds is 5. The zero-order valence-corrected chi connectivity index (χ0v) is 14.9. The summed E-state index contributed by atoms with van der Waals surface area (Å²) < 4.78 is 8.02. The predicted octanol–water partition coefficient (Wildman–Crippen LogP) is 1.85. The second-order valence-corrected chi connectivity index (χ2v) is 6.60. The van der Waals surface area contributed by atoms with E-state index in [-0.39, 0.29) is 18.2 Å². The Morgan fingerprint density at radius 2 is 2.17 bits per heavy atom. The molecule has 1 N–H and O–H groups in total. The van der Waals surface area contributed by atoms with Crippen molar-refractivity contribution in [1.82, 2.24) is 25.0 Å². The van der Waals surface area contributed by atoms with Crippen molar-refractivity contribution in [3.05, 3.63) is 47.5 Å². The summed E-state index contributed by atoms with van der Waals surface area (Å²) >= 11 is 0. The minimum atomic E-state index is 0.0893. The zero-order chi connectivity index (χ0) is 17.1. The van der Waals surface area contributed by atoms with Crippen molar-refractivity contribution < 1.29 is 4.74 Å². The Morgan fingerprint density at radius 3 is 2.88 bits per heavy atom. The van der Waals surface area contributed by atoms with Crippen molar-refractivity contribution in [2.24, 2.45) is 7.05 Å². The zero-order valence-electron chi connectivity index (χ0n) is 14.9. The number of ether oxygens (including phenoxy) is 1. The van der Waals surface area contributed by atoms with Crippen LogP contribution in [0.2, 0.25) is 0 Å². The molecular formula is C18H27N5O. The highest BCUT2D eigenvalue weighted by Crippen LogP contribution is 2.28. The van der Waals surface area contributed by atoms with Crippen molar-refractivity contribution in [3.63, 3.8) is 0 Å². The number of nitrogens with zero attached hydrogens (tertiary/aromatic N) is 4. The Bertz CT molecular complexity index is 671. The maximum Gasteiger partial charge on any atom is 0.0911 e. The number of hydrogen-bond acceptors (Lipinski definition) is 5. The van der Waals surface area contributed by atoms with Gasteiger partial charge in [-0.05, 0) is 44.7 Å². The van der Waals surface area contributed by atoms with Crippen LogP contribution >= 0.6 is 0 Å². The Balaban J connectivity index is 1.69. The summed E-state index contributed by atoms with van der Waals surface area (Å²) in [7, 11) is 4.14. The summed E-state index contributed by atoms with van der Waals surface area (Å²) in [6, 6.07) is 6.62. The number of likely N-dealkylation sites (N-methyl/N-ethyl adjacent to an activating group) is 1. The fourth-order valence-corrected chi connectivity index (χ4v) is 3.32. The molecule has 3 rings (SSSR count). The third-order valence-electron chi connectivity index (χ3n) is 4.77. The van der Waals surface area contributed by atoms with E-state index in [0.717, 1.165) is 25.4 Å². The highest BCUT2D eigenvalue weighted by atomic mass is 16.5. The molecule has 3 heterocycles. The summed E-state index contributed by atoms with van der Waals surface area (Å²) in [6.45, 7) is 6.70. The first-order chi connectivity index (χ1) is 11.6. The van der Waals surface area contributed by atoms with Gasteiger partial charge in [0.25, 0.3) is 0 Å². The molecule has 24 heavy (non-hydrogen) atoms. The lowest BCUT2D eigenvalue weighted by Crippen LogP contribution is -2.48. The van der Waals surface area contributed by atoms with Crippen LogP contribution in [0.3, 0.4) is 0 Å². The maximum atomic E-state index is 6.08. The lowest BCUT2D eigenvalue weighted by Gasteiger charge is -2.39. The molecule has 0 aromatic carbocycles. The van der Waals surface area contributed by atoms with E-state index in [9.17, 15) is 0 Å². The summed E-state index contributed by atoms with van der Waals surface area (Å²) in [5, 5.41) is 7.90. The van der Waals surface area contributed by atoms with Crippen LogP contribution in [0.1, 0.15) is 36.0 Å². The van der Waals surface area contributed by atoms with Crippen LogP contribution in [0.5, 0.6) is 0 Å². The molecule has 2 aromatic rings. The number of pyridine rings is 1. The quantitative estimate of drug-likeness (QED) is 0.907. The molecule has 2 aromatic heterocycles. The highest BCUT2D eigenvalue weighted by Gasteiger charge is 2.33. The molecule has 0 bridgehead atoms. The summed E-state index contributed by atoms with van der Waals surface area (Å²) in [6.07, 6.45) is 3.81. The normalized spacial score (nSPS) is 23.3. The first-order valence-corrected chi connectivity index (χ1v) is 8.52. The average molecular weight is 329 g/mol. The Morgan fingerprint density at radius 1 is 1.33 bits per heavy atom. The van der Waals surface area contributed by atoms with E-state index in [1.165, 1.54) is 11.3 Å². The molecule has 130 valence electrons. The molecule has 1 fully saturated rings. The fourth-order valence-electron chi connectivity index (χ4n) is 3.32. The van der Waals surface area contributed by atoms with E-state index < -0.39 is 0 Å². The van der Waals surface area contributed by atoms with Crippen LogP contribution in [0.15, 0.2) is 30.6 Å². The predicted molar refractivity (Wildman–Crippen MR) is 93.7 cm³/mol. The van der Waals surface area contributed by atoms with E-state index in [2.05, 4.69) is 53.3 Å². The van der Waals surface area contributed by atoms with E-state index in [0.29, 0.717) is 0 Å². The third-order valence-corrected chi connectivity index (χ3v) is 4.77. The molecule has 3 atom stereocenters. The van der Waals surface area contributed by atoms with E-state index in [4.69, 9.17) is 4.74 Å². The molecule has 0 amide bonds. The molecule has 1 unspecified atom stereocenters. The molecule has 0 saturated carbocycles. The van der Waals surface area contributed by atoms with Crippen LogP contribution in [0, 0.1) is 6.92 Å². The number of morpholine rings is 1. The highest BCUT2D eigenvalue weighted by molar-refractivity contribution is 5.17. The molecule has 6 heteroatoms. The van der Waals surface area contributed by atoms with E-state index in [1.54, 1.807) is 0 Å². The second-order valence-electron chi connectivity index (χ2n) is 6.60. The third kappa shape index (κ3) is 3.66. The fraction of sp³-hybridized carbons (Fsp3) is 0.556. The van der Waals surface area contributed by atoms with Gasteiger partial charge in [0.15, 0.2) is 0 Å². The van der Waals surface area contributed by atoms with Gasteiger partial charge in [0.2, 0.25) is 0 Å². The second kappa shape index (κ2) is 7.42. The van der Waals surface area contributed by atoms with Crippen LogP contribution < -0.4 is 5.32 Å². The lowest BCUT2D eigenvalue weighted by atomic mass is 10.0. The van der Waals surface area contributed by atoms with Gasteiger partial charge in [0.1, 0.15) is 0 Å². The van der Waals surface area contributed by atoms with Crippen molar-refractivity contribution in [3.8, 4) is 0 Å².